The second-order valence-corrected chi connectivity index (χ2v) is 6.79. The summed E-state index contributed by atoms with van der Waals surface area (Å²) >= 11 is 0. The summed E-state index contributed by atoms with van der Waals surface area (Å²) in [5, 5.41) is 24.8. The first-order chi connectivity index (χ1) is 14.4. The zero-order valence-electron chi connectivity index (χ0n) is 16.2. The molecule has 2 aromatic carbocycles. The molecule has 8 nitrogen and oxygen atoms in total. The highest BCUT2D eigenvalue weighted by molar-refractivity contribution is 6.51. The molecule has 0 radical (unpaired) electrons. The van der Waals surface area contributed by atoms with Crippen molar-refractivity contribution in [2.75, 3.05) is 12.0 Å². The molecule has 1 atom stereocenters. The maximum atomic E-state index is 12.9. The van der Waals surface area contributed by atoms with Crippen LogP contribution in [0.15, 0.2) is 64.7 Å². The third kappa shape index (κ3) is 3.18. The zero-order valence-corrected chi connectivity index (χ0v) is 16.2. The number of ether oxygens (including phenoxy) is 1. The average Bonchev–Trinajstić information content (AvgIpc) is 3.28. The first kappa shape index (κ1) is 19.3. The molecule has 3 aromatic rings. The number of phenolic OH excluding ortho intramolecular Hbond substituents is 1. The fourth-order valence-electron chi connectivity index (χ4n) is 3.45. The van der Waals surface area contributed by atoms with E-state index in [0.29, 0.717) is 22.6 Å². The van der Waals surface area contributed by atoms with Crippen molar-refractivity contribution in [1.29, 1.82) is 0 Å². The van der Waals surface area contributed by atoms with Crippen LogP contribution in [0.2, 0.25) is 0 Å². The Morgan fingerprint density at radius 3 is 2.47 bits per heavy atom. The van der Waals surface area contributed by atoms with Crippen LogP contribution in [0, 0.1) is 6.92 Å². The Morgan fingerprint density at radius 1 is 1.13 bits per heavy atom. The Kier molecular flexibility index (Phi) is 4.75. The van der Waals surface area contributed by atoms with Crippen LogP contribution in [0.25, 0.3) is 5.76 Å². The number of phenols is 1. The van der Waals surface area contributed by atoms with E-state index in [1.54, 1.807) is 43.3 Å². The van der Waals surface area contributed by atoms with Crippen LogP contribution < -0.4 is 9.64 Å². The average molecular weight is 406 g/mol. The number of aliphatic hydroxyl groups is 1. The molecule has 1 amide bonds. The van der Waals surface area contributed by atoms with E-state index in [-0.39, 0.29) is 22.9 Å². The molecule has 30 heavy (non-hydrogen) atoms. The Hall–Kier alpha value is -4.07. The van der Waals surface area contributed by atoms with Crippen LogP contribution in [0.4, 0.5) is 5.82 Å². The molecule has 152 valence electrons. The molecular formula is C22H18N2O6. The first-order valence-corrected chi connectivity index (χ1v) is 9.08. The van der Waals surface area contributed by atoms with Gasteiger partial charge in [0.05, 0.1) is 18.7 Å². The number of carbonyl (C=O) groups excluding carboxylic acids is 2. The lowest BCUT2D eigenvalue weighted by Gasteiger charge is -2.23. The number of ketones is 1. The number of nitrogens with zero attached hydrogens (tertiary/aromatic N) is 2. The first-order valence-electron chi connectivity index (χ1n) is 9.08. The van der Waals surface area contributed by atoms with Crippen LogP contribution in [-0.4, -0.2) is 34.2 Å². The van der Waals surface area contributed by atoms with Gasteiger partial charge in [0, 0.05) is 11.6 Å². The third-order valence-electron chi connectivity index (χ3n) is 4.86. The van der Waals surface area contributed by atoms with Gasteiger partial charge in [-0.1, -0.05) is 17.3 Å². The SMILES string of the molecule is COc1ccc(/C(O)=C2/C(=O)C(=O)N(c3cc(C)on3)C2c2cccc(O)c2)cc1. The van der Waals surface area contributed by atoms with Crippen molar-refractivity contribution in [2.45, 2.75) is 13.0 Å². The molecule has 4 rings (SSSR count). The van der Waals surface area contributed by atoms with Gasteiger partial charge in [-0.15, -0.1) is 0 Å². The number of aliphatic hydroxyl groups excluding tert-OH is 1. The lowest BCUT2D eigenvalue weighted by Crippen LogP contribution is -2.29. The van der Waals surface area contributed by atoms with Gasteiger partial charge >= 0.3 is 5.91 Å². The molecule has 1 aromatic heterocycles. The quantitative estimate of drug-likeness (QED) is 0.388. The number of anilines is 1. The summed E-state index contributed by atoms with van der Waals surface area (Å²) in [7, 11) is 1.52. The number of benzene rings is 2. The van der Waals surface area contributed by atoms with Crippen molar-refractivity contribution in [3.8, 4) is 11.5 Å². The van der Waals surface area contributed by atoms with Gasteiger partial charge in [0.1, 0.15) is 23.0 Å². The smallest absolute Gasteiger partial charge is 0.301 e. The molecule has 1 saturated heterocycles. The van der Waals surface area contributed by atoms with Crippen molar-refractivity contribution >= 4 is 23.3 Å². The second kappa shape index (κ2) is 7.40. The number of aryl methyl sites for hydroxylation is 1. The van der Waals surface area contributed by atoms with E-state index in [1.165, 1.54) is 25.3 Å². The number of methoxy groups -OCH3 is 1. The molecule has 0 bridgehead atoms. The van der Waals surface area contributed by atoms with Crippen molar-refractivity contribution in [3.63, 3.8) is 0 Å². The van der Waals surface area contributed by atoms with Crippen molar-refractivity contribution in [3.05, 3.63) is 77.1 Å². The minimum Gasteiger partial charge on any atom is -0.508 e. The van der Waals surface area contributed by atoms with Crippen LogP contribution in [-0.2, 0) is 9.59 Å². The van der Waals surface area contributed by atoms with Gasteiger partial charge in [-0.25, -0.2) is 0 Å². The molecule has 1 aliphatic heterocycles. The number of aromatic hydroxyl groups is 1. The molecule has 1 unspecified atom stereocenters. The minimum atomic E-state index is -0.997. The largest absolute Gasteiger partial charge is 0.508 e. The van der Waals surface area contributed by atoms with Crippen LogP contribution >= 0.6 is 0 Å². The Morgan fingerprint density at radius 2 is 1.87 bits per heavy atom. The summed E-state index contributed by atoms with van der Waals surface area (Å²) in [4.78, 5) is 27.0. The molecule has 1 aliphatic rings. The molecule has 0 spiro atoms. The zero-order chi connectivity index (χ0) is 21.4. The molecule has 1 fully saturated rings. The number of amides is 1. The summed E-state index contributed by atoms with van der Waals surface area (Å²) in [6, 6.07) is 13.1. The summed E-state index contributed by atoms with van der Waals surface area (Å²) < 4.78 is 10.2. The van der Waals surface area contributed by atoms with E-state index in [1.807, 2.05) is 0 Å². The van der Waals surface area contributed by atoms with E-state index in [9.17, 15) is 19.8 Å². The van der Waals surface area contributed by atoms with Crippen molar-refractivity contribution in [2.24, 2.45) is 0 Å². The summed E-state index contributed by atoms with van der Waals surface area (Å²) in [5.74, 6) is -0.932. The van der Waals surface area contributed by atoms with Crippen LogP contribution in [0.5, 0.6) is 11.5 Å². The maximum absolute atomic E-state index is 12.9. The molecule has 2 heterocycles. The van der Waals surface area contributed by atoms with Crippen LogP contribution in [0.1, 0.15) is 22.9 Å². The highest BCUT2D eigenvalue weighted by atomic mass is 16.5. The highest BCUT2D eigenvalue weighted by Crippen LogP contribution is 2.42. The molecule has 2 N–H and O–H groups in total. The van der Waals surface area contributed by atoms with E-state index in [4.69, 9.17) is 9.26 Å². The minimum absolute atomic E-state index is 0.0427. The summed E-state index contributed by atoms with van der Waals surface area (Å²) in [6.45, 7) is 1.66. The van der Waals surface area contributed by atoms with Gasteiger partial charge in [0.25, 0.3) is 5.78 Å². The summed E-state index contributed by atoms with van der Waals surface area (Å²) in [6.07, 6.45) is 0. The van der Waals surface area contributed by atoms with Gasteiger partial charge in [-0.2, -0.15) is 0 Å². The normalized spacial score (nSPS) is 18.1. The van der Waals surface area contributed by atoms with Gasteiger partial charge in [-0.3, -0.25) is 14.5 Å². The van der Waals surface area contributed by atoms with Gasteiger partial charge in [0.15, 0.2) is 5.82 Å². The number of aromatic nitrogens is 1. The third-order valence-corrected chi connectivity index (χ3v) is 4.86. The molecule has 0 saturated carbocycles. The number of rotatable bonds is 4. The van der Waals surface area contributed by atoms with Gasteiger partial charge in [0.2, 0.25) is 0 Å². The van der Waals surface area contributed by atoms with Gasteiger partial charge in [-0.05, 0) is 48.9 Å². The van der Waals surface area contributed by atoms with E-state index >= 15 is 0 Å². The van der Waals surface area contributed by atoms with Crippen molar-refractivity contribution in [1.82, 2.24) is 5.16 Å². The fourth-order valence-corrected chi connectivity index (χ4v) is 3.45. The predicted octanol–water partition coefficient (Wildman–Crippen LogP) is 3.32. The maximum Gasteiger partial charge on any atom is 0.301 e. The van der Waals surface area contributed by atoms with Gasteiger partial charge < -0.3 is 19.5 Å². The number of hydrogen-bond acceptors (Lipinski definition) is 7. The molecule has 8 heteroatoms. The standard InChI is InChI=1S/C22H18N2O6/c1-12-10-17(23-30-12)24-19(14-4-3-5-15(25)11-14)18(21(27)22(24)28)20(26)13-6-8-16(29-2)9-7-13/h3-11,19,25-26H,1-2H3/b20-18-. The second-order valence-electron chi connectivity index (χ2n) is 6.79. The van der Waals surface area contributed by atoms with E-state index in [0.717, 1.165) is 4.90 Å². The highest BCUT2D eigenvalue weighted by Gasteiger charge is 2.48. The molecule has 0 aliphatic carbocycles. The van der Waals surface area contributed by atoms with Crippen molar-refractivity contribution < 1.29 is 29.1 Å². The van der Waals surface area contributed by atoms with E-state index < -0.39 is 17.7 Å². The number of hydrogen-bond donors (Lipinski definition) is 2. The lowest BCUT2D eigenvalue weighted by atomic mass is 9.95. The summed E-state index contributed by atoms with van der Waals surface area (Å²) in [5.41, 5.74) is 0.664. The Bertz CT molecular complexity index is 1160. The Labute approximate surface area is 171 Å². The lowest BCUT2D eigenvalue weighted by molar-refractivity contribution is -0.132. The van der Waals surface area contributed by atoms with E-state index in [2.05, 4.69) is 5.16 Å². The fraction of sp³-hybridized carbons (Fsp3) is 0.136. The number of carbonyl (C=O) groups is 2. The van der Waals surface area contributed by atoms with Crippen LogP contribution in [0.3, 0.4) is 0 Å². The predicted molar refractivity (Wildman–Crippen MR) is 107 cm³/mol. The molecular weight excluding hydrogens is 388 g/mol. The number of Topliss-reactive ketones (excluding diaryl/α,β-unsaturated/α-hetero) is 1. The topological polar surface area (TPSA) is 113 Å². The Balaban J connectivity index is 1.92. The monoisotopic (exact) mass is 406 g/mol.